The van der Waals surface area contributed by atoms with Gasteiger partial charge in [-0.1, -0.05) is 0 Å². The van der Waals surface area contributed by atoms with Crippen molar-refractivity contribution in [2.75, 3.05) is 26.3 Å². The molecule has 172 valence electrons. The standard InChI is InChI=1S/C22H27N3O6S/c1-3-29-22(28)25-10-8-17(9-11-25)24-20(26)13-31-21(27)16-4-6-19(7-5-16)30-12-18-14-32-15(2)23-18/h4-7,14,17H,3,8-13H2,1-2H3,(H,24,26). The maximum absolute atomic E-state index is 12.2. The second-order valence-electron chi connectivity index (χ2n) is 7.27. The van der Waals surface area contributed by atoms with Crippen LogP contribution in [0.4, 0.5) is 4.79 Å². The number of likely N-dealkylation sites (tertiary alicyclic amines) is 1. The van der Waals surface area contributed by atoms with Crippen LogP contribution in [0, 0.1) is 6.92 Å². The number of nitrogens with zero attached hydrogens (tertiary/aromatic N) is 2. The van der Waals surface area contributed by atoms with Crippen LogP contribution in [0.1, 0.15) is 40.8 Å². The number of ether oxygens (including phenoxy) is 3. The van der Waals surface area contributed by atoms with Gasteiger partial charge in [0.25, 0.3) is 5.91 Å². The lowest BCUT2D eigenvalue weighted by molar-refractivity contribution is -0.125. The van der Waals surface area contributed by atoms with Gasteiger partial charge in [0.1, 0.15) is 12.4 Å². The average Bonchev–Trinajstić information content (AvgIpc) is 3.22. The predicted octanol–water partition coefficient (Wildman–Crippen LogP) is 2.92. The largest absolute Gasteiger partial charge is 0.487 e. The number of carbonyl (C=O) groups excluding carboxylic acids is 3. The fourth-order valence-corrected chi connectivity index (χ4v) is 3.82. The average molecular weight is 462 g/mol. The van der Waals surface area contributed by atoms with Gasteiger partial charge in [-0.15, -0.1) is 11.3 Å². The molecule has 2 aromatic rings. The molecule has 0 spiro atoms. The van der Waals surface area contributed by atoms with E-state index in [1.54, 1.807) is 47.4 Å². The monoisotopic (exact) mass is 461 g/mol. The minimum Gasteiger partial charge on any atom is -0.487 e. The fourth-order valence-electron chi connectivity index (χ4n) is 3.22. The Labute approximate surface area is 190 Å². The zero-order valence-electron chi connectivity index (χ0n) is 18.2. The fraction of sp³-hybridized carbons (Fsp3) is 0.455. The van der Waals surface area contributed by atoms with Crippen LogP contribution >= 0.6 is 11.3 Å². The Bertz CT molecular complexity index is 922. The molecular weight excluding hydrogens is 434 g/mol. The molecule has 0 aliphatic carbocycles. The number of nitrogens with one attached hydrogen (secondary N) is 1. The van der Waals surface area contributed by atoms with Gasteiger partial charge in [0.15, 0.2) is 6.61 Å². The molecule has 3 rings (SSSR count). The van der Waals surface area contributed by atoms with Crippen LogP contribution in [0.15, 0.2) is 29.6 Å². The first kappa shape index (κ1) is 23.5. The Kier molecular flexibility index (Phi) is 8.43. The lowest BCUT2D eigenvalue weighted by Gasteiger charge is -2.31. The van der Waals surface area contributed by atoms with Crippen molar-refractivity contribution in [2.45, 2.75) is 39.3 Å². The van der Waals surface area contributed by atoms with Crippen molar-refractivity contribution < 1.29 is 28.6 Å². The van der Waals surface area contributed by atoms with Crippen LogP contribution in [-0.4, -0.2) is 60.2 Å². The second kappa shape index (κ2) is 11.5. The third-order valence-corrected chi connectivity index (χ3v) is 5.69. The van der Waals surface area contributed by atoms with Crippen molar-refractivity contribution in [1.82, 2.24) is 15.2 Å². The number of hydrogen-bond acceptors (Lipinski definition) is 8. The summed E-state index contributed by atoms with van der Waals surface area (Å²) in [6.07, 6.45) is 0.918. The third kappa shape index (κ3) is 6.94. The lowest BCUT2D eigenvalue weighted by atomic mass is 10.1. The molecule has 0 saturated carbocycles. The minimum absolute atomic E-state index is 0.0650. The normalized spacial score (nSPS) is 14.0. The van der Waals surface area contributed by atoms with E-state index in [1.807, 2.05) is 12.3 Å². The maximum atomic E-state index is 12.2. The molecule has 1 saturated heterocycles. The van der Waals surface area contributed by atoms with Crippen molar-refractivity contribution in [2.24, 2.45) is 0 Å². The molecule has 1 N–H and O–H groups in total. The number of rotatable bonds is 8. The van der Waals surface area contributed by atoms with E-state index in [0.29, 0.717) is 50.5 Å². The van der Waals surface area contributed by atoms with E-state index in [4.69, 9.17) is 14.2 Å². The van der Waals surface area contributed by atoms with Crippen molar-refractivity contribution in [3.63, 3.8) is 0 Å². The Morgan fingerprint density at radius 3 is 2.50 bits per heavy atom. The second-order valence-corrected chi connectivity index (χ2v) is 8.34. The van der Waals surface area contributed by atoms with Crippen molar-refractivity contribution in [1.29, 1.82) is 0 Å². The van der Waals surface area contributed by atoms with Gasteiger partial charge in [0, 0.05) is 24.5 Å². The molecule has 2 amide bonds. The van der Waals surface area contributed by atoms with E-state index in [-0.39, 0.29) is 24.6 Å². The lowest BCUT2D eigenvalue weighted by Crippen LogP contribution is -2.47. The molecule has 0 bridgehead atoms. The summed E-state index contributed by atoms with van der Waals surface area (Å²) in [6.45, 7) is 5.05. The number of aryl methyl sites for hydroxylation is 1. The summed E-state index contributed by atoms with van der Waals surface area (Å²) >= 11 is 1.56. The number of hydrogen-bond donors (Lipinski definition) is 1. The zero-order valence-corrected chi connectivity index (χ0v) is 19.0. The Morgan fingerprint density at radius 2 is 1.88 bits per heavy atom. The molecule has 10 heteroatoms. The molecular formula is C22H27N3O6S. The highest BCUT2D eigenvalue weighted by Gasteiger charge is 2.24. The predicted molar refractivity (Wildman–Crippen MR) is 118 cm³/mol. The van der Waals surface area contributed by atoms with Crippen LogP contribution in [0.5, 0.6) is 5.75 Å². The van der Waals surface area contributed by atoms with Crippen LogP contribution < -0.4 is 10.1 Å². The first-order valence-corrected chi connectivity index (χ1v) is 11.3. The van der Waals surface area contributed by atoms with Crippen molar-refractivity contribution >= 4 is 29.3 Å². The SMILES string of the molecule is CCOC(=O)N1CCC(NC(=O)COC(=O)c2ccc(OCc3csc(C)n3)cc2)CC1. The van der Waals surface area contributed by atoms with E-state index in [2.05, 4.69) is 10.3 Å². The Balaban J connectivity index is 1.36. The van der Waals surface area contributed by atoms with Crippen LogP contribution in [0.2, 0.25) is 0 Å². The minimum atomic E-state index is -0.584. The van der Waals surface area contributed by atoms with Gasteiger partial charge in [-0.25, -0.2) is 14.6 Å². The topological polar surface area (TPSA) is 107 Å². The first-order valence-electron chi connectivity index (χ1n) is 10.5. The quantitative estimate of drug-likeness (QED) is 0.602. The summed E-state index contributed by atoms with van der Waals surface area (Å²) < 4.78 is 15.7. The summed E-state index contributed by atoms with van der Waals surface area (Å²) in [6, 6.07) is 6.46. The summed E-state index contributed by atoms with van der Waals surface area (Å²) in [7, 11) is 0. The van der Waals surface area contributed by atoms with E-state index < -0.39 is 5.97 Å². The third-order valence-electron chi connectivity index (χ3n) is 4.86. The molecule has 0 atom stereocenters. The highest BCUT2D eigenvalue weighted by atomic mass is 32.1. The number of thiazole rings is 1. The molecule has 32 heavy (non-hydrogen) atoms. The van der Waals surface area contributed by atoms with E-state index in [1.165, 1.54) is 0 Å². The van der Waals surface area contributed by atoms with Crippen LogP contribution in [0.25, 0.3) is 0 Å². The number of esters is 1. The van der Waals surface area contributed by atoms with Gasteiger partial charge in [0.05, 0.1) is 22.9 Å². The Morgan fingerprint density at radius 1 is 1.16 bits per heavy atom. The van der Waals surface area contributed by atoms with Gasteiger partial charge < -0.3 is 24.4 Å². The van der Waals surface area contributed by atoms with Gasteiger partial charge in [-0.05, 0) is 51.0 Å². The highest BCUT2D eigenvalue weighted by molar-refractivity contribution is 7.09. The summed E-state index contributed by atoms with van der Waals surface area (Å²) in [5, 5.41) is 5.76. The molecule has 0 unspecified atom stereocenters. The molecule has 0 radical (unpaired) electrons. The molecule has 1 aliphatic heterocycles. The maximum Gasteiger partial charge on any atom is 0.409 e. The summed E-state index contributed by atoms with van der Waals surface area (Å²) in [5.41, 5.74) is 1.19. The summed E-state index contributed by atoms with van der Waals surface area (Å²) in [5.74, 6) is -0.343. The van der Waals surface area contributed by atoms with Gasteiger partial charge >= 0.3 is 12.1 Å². The number of piperidine rings is 1. The molecule has 1 aromatic heterocycles. The molecule has 1 fully saturated rings. The molecule has 2 heterocycles. The number of amides is 2. The number of aromatic nitrogens is 1. The van der Waals surface area contributed by atoms with E-state index in [9.17, 15) is 14.4 Å². The first-order chi connectivity index (χ1) is 15.4. The van der Waals surface area contributed by atoms with Crippen molar-refractivity contribution in [3.8, 4) is 5.75 Å². The molecule has 1 aliphatic rings. The van der Waals surface area contributed by atoms with Gasteiger partial charge in [-0.3, -0.25) is 4.79 Å². The van der Waals surface area contributed by atoms with Crippen LogP contribution in [0.3, 0.4) is 0 Å². The Hall–Kier alpha value is -3.14. The molecule has 1 aromatic carbocycles. The van der Waals surface area contributed by atoms with E-state index in [0.717, 1.165) is 10.7 Å². The van der Waals surface area contributed by atoms with Gasteiger partial charge in [-0.2, -0.15) is 0 Å². The van der Waals surface area contributed by atoms with E-state index >= 15 is 0 Å². The van der Waals surface area contributed by atoms with Crippen LogP contribution in [-0.2, 0) is 20.9 Å². The van der Waals surface area contributed by atoms with Gasteiger partial charge in [0.2, 0.25) is 0 Å². The number of benzene rings is 1. The summed E-state index contributed by atoms with van der Waals surface area (Å²) in [4.78, 5) is 42.0. The molecule has 9 nitrogen and oxygen atoms in total. The smallest absolute Gasteiger partial charge is 0.409 e. The van der Waals surface area contributed by atoms with Crippen molar-refractivity contribution in [3.05, 3.63) is 45.9 Å². The zero-order chi connectivity index (χ0) is 22.9. The highest BCUT2D eigenvalue weighted by Crippen LogP contribution is 2.16. The number of carbonyl (C=O) groups is 3.